The van der Waals surface area contributed by atoms with Gasteiger partial charge in [0.1, 0.15) is 0 Å². The Morgan fingerprint density at radius 3 is 1.83 bits per heavy atom. The fourth-order valence-corrected chi connectivity index (χ4v) is 3.87. The molecule has 1 aliphatic rings. The Balaban J connectivity index is -0.000001000. The van der Waals surface area contributed by atoms with E-state index in [4.69, 9.17) is 0 Å². The summed E-state index contributed by atoms with van der Waals surface area (Å²) in [6, 6.07) is 4.67. The molecule has 2 rings (SSSR count). The second kappa shape index (κ2) is 11.2. The van der Waals surface area contributed by atoms with E-state index < -0.39 is 8.07 Å². The molecule has 0 saturated carbocycles. The van der Waals surface area contributed by atoms with Crippen LogP contribution >= 0.6 is 0 Å². The fraction of sp³-hybridized carbons (Fsp3) is 0.444. The predicted octanol–water partition coefficient (Wildman–Crippen LogP) is -3.90. The Kier molecular flexibility index (Phi) is 13.8. The summed E-state index contributed by atoms with van der Waals surface area (Å²) in [5.74, 6) is 0. The van der Waals surface area contributed by atoms with Crippen molar-refractivity contribution in [3.05, 3.63) is 57.3 Å². The standard InChI is InChI=1S/C18H25Si.3ClH.Ti/c1-13-9-17(10-14(2)15(13)3)11-16-7-8-18(12-16)19(4,5)6;;;;/h8-10H,7,11H2,1-6H3;3*1H;/q-1;;;;+4/p-3. The Morgan fingerprint density at radius 1 is 0.957 bits per heavy atom. The summed E-state index contributed by atoms with van der Waals surface area (Å²) >= 11 is 0. The van der Waals surface area contributed by atoms with Crippen LogP contribution in [0.5, 0.6) is 0 Å². The maximum absolute atomic E-state index is 3.67. The third kappa shape index (κ3) is 7.50. The molecule has 0 N–H and O–H groups in total. The minimum atomic E-state index is -1.18. The molecule has 0 aromatic heterocycles. The van der Waals surface area contributed by atoms with E-state index in [-0.39, 0.29) is 58.9 Å². The summed E-state index contributed by atoms with van der Waals surface area (Å²) in [4.78, 5) is 0. The van der Waals surface area contributed by atoms with Crippen molar-refractivity contribution in [3.8, 4) is 0 Å². The average Bonchev–Trinajstić information content (AvgIpc) is 2.74. The molecule has 0 radical (unpaired) electrons. The fourth-order valence-electron chi connectivity index (χ4n) is 2.60. The van der Waals surface area contributed by atoms with E-state index in [9.17, 15) is 0 Å². The quantitative estimate of drug-likeness (QED) is 0.345. The van der Waals surface area contributed by atoms with Gasteiger partial charge in [0.15, 0.2) is 0 Å². The van der Waals surface area contributed by atoms with Crippen LogP contribution in [-0.2, 0) is 28.1 Å². The van der Waals surface area contributed by atoms with Gasteiger partial charge < -0.3 is 37.2 Å². The van der Waals surface area contributed by atoms with Gasteiger partial charge in [0.05, 0.1) is 0 Å². The van der Waals surface area contributed by atoms with Crippen molar-refractivity contribution in [2.24, 2.45) is 0 Å². The maximum Gasteiger partial charge on any atom is 4.00 e. The first-order chi connectivity index (χ1) is 8.77. The zero-order valence-corrected chi connectivity index (χ0v) is 19.6. The first-order valence-electron chi connectivity index (χ1n) is 7.16. The zero-order chi connectivity index (χ0) is 14.2. The zero-order valence-electron chi connectivity index (χ0n) is 14.8. The van der Waals surface area contributed by atoms with Crippen LogP contribution in [0.1, 0.15) is 28.7 Å². The molecule has 0 heterocycles. The topological polar surface area (TPSA) is 0 Å². The average molecular weight is 424 g/mol. The monoisotopic (exact) mass is 422 g/mol. The van der Waals surface area contributed by atoms with Crippen LogP contribution in [0.15, 0.2) is 29.0 Å². The molecule has 126 valence electrons. The maximum atomic E-state index is 3.67. The molecule has 1 aromatic rings. The van der Waals surface area contributed by atoms with Crippen LogP contribution in [0.2, 0.25) is 19.6 Å². The van der Waals surface area contributed by atoms with Crippen molar-refractivity contribution in [2.45, 2.75) is 53.3 Å². The number of hydrogen-bond acceptors (Lipinski definition) is 0. The molecule has 5 heteroatoms. The van der Waals surface area contributed by atoms with Crippen LogP contribution in [0.25, 0.3) is 0 Å². The molecule has 1 aliphatic carbocycles. The van der Waals surface area contributed by atoms with Crippen molar-refractivity contribution >= 4 is 8.07 Å². The molecule has 1 aromatic carbocycles. The van der Waals surface area contributed by atoms with Gasteiger partial charge in [-0.05, 0) is 49.4 Å². The summed E-state index contributed by atoms with van der Waals surface area (Å²) < 4.78 is 0. The normalized spacial score (nSPS) is 12.8. The van der Waals surface area contributed by atoms with Crippen molar-refractivity contribution in [1.29, 1.82) is 0 Å². The molecule has 0 bridgehead atoms. The minimum Gasteiger partial charge on any atom is -1.00 e. The smallest absolute Gasteiger partial charge is 1.00 e. The van der Waals surface area contributed by atoms with Crippen LogP contribution in [-0.4, -0.2) is 8.07 Å². The minimum absolute atomic E-state index is 0. The molecule has 0 aliphatic heterocycles. The number of halogens is 3. The molecule has 0 unspecified atom stereocenters. The van der Waals surface area contributed by atoms with Gasteiger partial charge in [-0.3, -0.25) is 6.08 Å². The molecule has 0 atom stereocenters. The van der Waals surface area contributed by atoms with Gasteiger partial charge in [-0.1, -0.05) is 38.2 Å². The molecule has 23 heavy (non-hydrogen) atoms. The molecule has 0 nitrogen and oxygen atoms in total. The Morgan fingerprint density at radius 2 is 1.43 bits per heavy atom. The van der Waals surface area contributed by atoms with Crippen LogP contribution in [0.3, 0.4) is 0 Å². The predicted molar refractivity (Wildman–Crippen MR) is 87.2 cm³/mol. The number of rotatable bonds is 3. The molecular weight excluding hydrogens is 399 g/mol. The number of allylic oxidation sites excluding steroid dienone is 4. The van der Waals surface area contributed by atoms with Gasteiger partial charge in [-0.2, -0.15) is 5.57 Å². The summed E-state index contributed by atoms with van der Waals surface area (Å²) in [5, 5.41) is 1.50. The molecule has 0 fully saturated rings. The van der Waals surface area contributed by atoms with Crippen molar-refractivity contribution in [1.82, 2.24) is 0 Å². The largest absolute Gasteiger partial charge is 4.00 e. The van der Waals surface area contributed by atoms with E-state index in [2.05, 4.69) is 64.7 Å². The van der Waals surface area contributed by atoms with Gasteiger partial charge in [0.25, 0.3) is 0 Å². The molecule has 0 amide bonds. The van der Waals surface area contributed by atoms with Crippen LogP contribution in [0.4, 0.5) is 0 Å². The van der Waals surface area contributed by atoms with Crippen molar-refractivity contribution in [3.63, 3.8) is 0 Å². The van der Waals surface area contributed by atoms with E-state index in [1.54, 1.807) is 0 Å². The first-order valence-corrected chi connectivity index (χ1v) is 10.7. The summed E-state index contributed by atoms with van der Waals surface area (Å²) in [7, 11) is -1.18. The van der Waals surface area contributed by atoms with Gasteiger partial charge in [0, 0.05) is 8.07 Å². The van der Waals surface area contributed by atoms with E-state index in [1.807, 2.05) is 0 Å². The van der Waals surface area contributed by atoms with Crippen molar-refractivity contribution in [2.75, 3.05) is 0 Å². The summed E-state index contributed by atoms with van der Waals surface area (Å²) in [5.41, 5.74) is 7.14. The van der Waals surface area contributed by atoms with Gasteiger partial charge in [-0.15, -0.1) is 0 Å². The Bertz CT molecular complexity index is 549. The van der Waals surface area contributed by atoms with Gasteiger partial charge in [0.2, 0.25) is 0 Å². The van der Waals surface area contributed by atoms with Crippen LogP contribution < -0.4 is 37.2 Å². The van der Waals surface area contributed by atoms with E-state index in [0.29, 0.717) is 0 Å². The van der Waals surface area contributed by atoms with Gasteiger partial charge in [-0.25, -0.2) is 11.3 Å². The third-order valence-electron chi connectivity index (χ3n) is 4.08. The molecular formula is C18H25Cl3SiTi. The van der Waals surface area contributed by atoms with Crippen LogP contribution in [0, 0.1) is 26.8 Å². The molecule has 0 spiro atoms. The first kappa shape index (κ1) is 28.3. The second-order valence-electron chi connectivity index (χ2n) is 6.83. The van der Waals surface area contributed by atoms with Crippen molar-refractivity contribution < 1.29 is 58.9 Å². The SMILES string of the molecule is Cc1cc(CC2=[C-]C([Si](C)(C)C)=CC2)cc(C)c1C.[Cl-].[Cl-].[Cl-].[Ti+4]. The third-order valence-corrected chi connectivity index (χ3v) is 6.02. The van der Waals surface area contributed by atoms with E-state index in [0.717, 1.165) is 12.8 Å². The van der Waals surface area contributed by atoms with Gasteiger partial charge >= 0.3 is 21.7 Å². The number of hydrogen-bond donors (Lipinski definition) is 0. The Labute approximate surface area is 176 Å². The Hall–Kier alpha value is 0.501. The van der Waals surface area contributed by atoms with E-state index >= 15 is 0 Å². The van der Waals surface area contributed by atoms with E-state index in [1.165, 1.54) is 33.0 Å². The number of aryl methyl sites for hydroxylation is 2. The summed E-state index contributed by atoms with van der Waals surface area (Å²) in [6.07, 6.45) is 8.24. The number of benzene rings is 1. The molecule has 0 saturated heterocycles. The summed E-state index contributed by atoms with van der Waals surface area (Å²) in [6.45, 7) is 13.8. The second-order valence-corrected chi connectivity index (χ2v) is 11.9.